The van der Waals surface area contributed by atoms with Crippen LogP contribution in [0.5, 0.6) is 0 Å². The third-order valence-corrected chi connectivity index (χ3v) is 2.98. The van der Waals surface area contributed by atoms with Crippen LogP contribution in [0.4, 0.5) is 0 Å². The minimum absolute atomic E-state index is 0.0879. The standard InChI is InChI=1S/C13H24N2O3/c1-13(2,3)18-11(16)9-15-7-5-10(6-8-15)12(17)14-4/h10H,5-9H2,1-4H3,(H,14,17). The minimum Gasteiger partial charge on any atom is -0.459 e. The number of piperidine rings is 1. The summed E-state index contributed by atoms with van der Waals surface area (Å²) in [7, 11) is 1.66. The van der Waals surface area contributed by atoms with Gasteiger partial charge in [0.15, 0.2) is 0 Å². The number of hydrogen-bond acceptors (Lipinski definition) is 4. The largest absolute Gasteiger partial charge is 0.459 e. The zero-order chi connectivity index (χ0) is 13.8. The van der Waals surface area contributed by atoms with Gasteiger partial charge in [-0.1, -0.05) is 0 Å². The Morgan fingerprint density at radius 1 is 1.28 bits per heavy atom. The quantitative estimate of drug-likeness (QED) is 0.758. The Bertz CT molecular complexity index is 302. The molecule has 0 aromatic heterocycles. The normalized spacial score (nSPS) is 18.4. The van der Waals surface area contributed by atoms with E-state index in [0.29, 0.717) is 6.54 Å². The number of hydrogen-bond donors (Lipinski definition) is 1. The van der Waals surface area contributed by atoms with Gasteiger partial charge in [-0.2, -0.15) is 0 Å². The summed E-state index contributed by atoms with van der Waals surface area (Å²) in [4.78, 5) is 25.2. The highest BCUT2D eigenvalue weighted by atomic mass is 16.6. The van der Waals surface area contributed by atoms with E-state index < -0.39 is 5.60 Å². The number of carbonyl (C=O) groups excluding carboxylic acids is 2. The van der Waals surface area contributed by atoms with E-state index in [1.54, 1.807) is 7.05 Å². The van der Waals surface area contributed by atoms with E-state index in [1.807, 2.05) is 25.7 Å². The molecule has 0 aromatic carbocycles. The Balaban J connectivity index is 2.31. The molecule has 0 aliphatic carbocycles. The number of likely N-dealkylation sites (tertiary alicyclic amines) is 1. The summed E-state index contributed by atoms with van der Waals surface area (Å²) in [6.45, 7) is 7.46. The third kappa shape index (κ3) is 5.04. The lowest BCUT2D eigenvalue weighted by atomic mass is 9.96. The summed E-state index contributed by atoms with van der Waals surface area (Å²) in [5, 5.41) is 2.67. The summed E-state index contributed by atoms with van der Waals surface area (Å²) in [5.41, 5.74) is -0.433. The Kier molecular flexibility index (Phi) is 5.14. The smallest absolute Gasteiger partial charge is 0.320 e. The molecule has 1 aliphatic rings. The average Bonchev–Trinajstić information content (AvgIpc) is 2.26. The van der Waals surface area contributed by atoms with Gasteiger partial charge < -0.3 is 10.1 Å². The van der Waals surface area contributed by atoms with Crippen molar-refractivity contribution in [2.45, 2.75) is 39.2 Å². The van der Waals surface area contributed by atoms with E-state index in [9.17, 15) is 9.59 Å². The Labute approximate surface area is 109 Å². The van der Waals surface area contributed by atoms with Crippen molar-refractivity contribution in [3.05, 3.63) is 0 Å². The van der Waals surface area contributed by atoms with Gasteiger partial charge in [-0.25, -0.2) is 0 Å². The predicted molar refractivity (Wildman–Crippen MR) is 69.1 cm³/mol. The highest BCUT2D eigenvalue weighted by Crippen LogP contribution is 2.17. The van der Waals surface area contributed by atoms with Gasteiger partial charge in [-0.05, 0) is 46.7 Å². The molecule has 1 rings (SSSR count). The molecule has 1 amide bonds. The zero-order valence-electron chi connectivity index (χ0n) is 11.8. The van der Waals surface area contributed by atoms with Gasteiger partial charge in [-0.15, -0.1) is 0 Å². The number of nitrogens with zero attached hydrogens (tertiary/aromatic N) is 1. The van der Waals surface area contributed by atoms with Crippen molar-refractivity contribution in [2.75, 3.05) is 26.7 Å². The summed E-state index contributed by atoms with van der Waals surface area (Å²) in [5.74, 6) is -0.00213. The fourth-order valence-corrected chi connectivity index (χ4v) is 2.11. The van der Waals surface area contributed by atoms with E-state index in [-0.39, 0.29) is 17.8 Å². The van der Waals surface area contributed by atoms with E-state index in [1.165, 1.54) is 0 Å². The van der Waals surface area contributed by atoms with Crippen LogP contribution in [-0.4, -0.2) is 49.1 Å². The zero-order valence-corrected chi connectivity index (χ0v) is 11.8. The summed E-state index contributed by atoms with van der Waals surface area (Å²) >= 11 is 0. The van der Waals surface area contributed by atoms with Crippen molar-refractivity contribution in [3.63, 3.8) is 0 Å². The molecule has 0 aromatic rings. The third-order valence-electron chi connectivity index (χ3n) is 2.98. The lowest BCUT2D eigenvalue weighted by molar-refractivity contribution is -0.156. The maximum absolute atomic E-state index is 11.7. The second-order valence-corrected chi connectivity index (χ2v) is 5.75. The molecule has 0 bridgehead atoms. The molecule has 1 N–H and O–H groups in total. The van der Waals surface area contributed by atoms with Crippen LogP contribution in [0.2, 0.25) is 0 Å². The van der Waals surface area contributed by atoms with Gasteiger partial charge in [0.25, 0.3) is 0 Å². The summed E-state index contributed by atoms with van der Waals surface area (Å²) < 4.78 is 5.28. The molecule has 0 saturated carbocycles. The molecule has 0 atom stereocenters. The molecule has 5 heteroatoms. The highest BCUT2D eigenvalue weighted by molar-refractivity contribution is 5.78. The minimum atomic E-state index is -0.433. The number of nitrogens with one attached hydrogen (secondary N) is 1. The van der Waals surface area contributed by atoms with Crippen LogP contribution < -0.4 is 5.32 Å². The first-order valence-corrected chi connectivity index (χ1v) is 6.47. The van der Waals surface area contributed by atoms with Gasteiger partial charge in [0.2, 0.25) is 5.91 Å². The van der Waals surface area contributed by atoms with Crippen molar-refractivity contribution in [2.24, 2.45) is 5.92 Å². The van der Waals surface area contributed by atoms with Crippen LogP contribution in [0.1, 0.15) is 33.6 Å². The highest BCUT2D eigenvalue weighted by Gasteiger charge is 2.26. The SMILES string of the molecule is CNC(=O)C1CCN(CC(=O)OC(C)(C)C)CC1. The number of rotatable bonds is 3. The fraction of sp³-hybridized carbons (Fsp3) is 0.846. The Morgan fingerprint density at radius 3 is 2.28 bits per heavy atom. The monoisotopic (exact) mass is 256 g/mol. The molecule has 0 spiro atoms. The molecule has 104 valence electrons. The number of amides is 1. The van der Waals surface area contributed by atoms with Crippen LogP contribution in [0.3, 0.4) is 0 Å². The lowest BCUT2D eigenvalue weighted by Gasteiger charge is -2.31. The van der Waals surface area contributed by atoms with Crippen molar-refractivity contribution < 1.29 is 14.3 Å². The summed E-state index contributed by atoms with van der Waals surface area (Å²) in [6.07, 6.45) is 1.62. The second-order valence-electron chi connectivity index (χ2n) is 5.75. The van der Waals surface area contributed by atoms with Crippen LogP contribution in [0.15, 0.2) is 0 Å². The average molecular weight is 256 g/mol. The molecular formula is C13H24N2O3. The Morgan fingerprint density at radius 2 is 1.83 bits per heavy atom. The molecule has 18 heavy (non-hydrogen) atoms. The maximum Gasteiger partial charge on any atom is 0.320 e. The first-order valence-electron chi connectivity index (χ1n) is 6.47. The molecule has 1 saturated heterocycles. The van der Waals surface area contributed by atoms with Gasteiger partial charge in [-0.3, -0.25) is 14.5 Å². The Hall–Kier alpha value is -1.10. The van der Waals surface area contributed by atoms with Crippen molar-refractivity contribution in [3.8, 4) is 0 Å². The molecule has 0 radical (unpaired) electrons. The molecule has 1 fully saturated rings. The van der Waals surface area contributed by atoms with Crippen LogP contribution >= 0.6 is 0 Å². The number of ether oxygens (including phenoxy) is 1. The second kappa shape index (κ2) is 6.18. The number of esters is 1. The van der Waals surface area contributed by atoms with Crippen LogP contribution in [0.25, 0.3) is 0 Å². The first-order chi connectivity index (χ1) is 8.31. The van der Waals surface area contributed by atoms with Gasteiger partial charge in [0, 0.05) is 13.0 Å². The van der Waals surface area contributed by atoms with Crippen molar-refractivity contribution in [1.29, 1.82) is 0 Å². The first kappa shape index (κ1) is 15.0. The van der Waals surface area contributed by atoms with Gasteiger partial charge in [0.05, 0.1) is 6.54 Å². The van der Waals surface area contributed by atoms with E-state index in [0.717, 1.165) is 25.9 Å². The van der Waals surface area contributed by atoms with Crippen molar-refractivity contribution in [1.82, 2.24) is 10.2 Å². The molecule has 1 aliphatic heterocycles. The maximum atomic E-state index is 11.7. The van der Waals surface area contributed by atoms with Crippen LogP contribution in [0, 0.1) is 5.92 Å². The lowest BCUT2D eigenvalue weighted by Crippen LogP contribution is -2.42. The molecule has 5 nitrogen and oxygen atoms in total. The van der Waals surface area contributed by atoms with E-state index in [2.05, 4.69) is 5.32 Å². The topological polar surface area (TPSA) is 58.6 Å². The number of carbonyl (C=O) groups is 2. The summed E-state index contributed by atoms with van der Waals surface area (Å²) in [6, 6.07) is 0. The molecular weight excluding hydrogens is 232 g/mol. The van der Waals surface area contributed by atoms with E-state index in [4.69, 9.17) is 4.74 Å². The van der Waals surface area contributed by atoms with Crippen molar-refractivity contribution >= 4 is 11.9 Å². The molecule has 1 heterocycles. The van der Waals surface area contributed by atoms with Gasteiger partial charge in [0.1, 0.15) is 5.60 Å². The van der Waals surface area contributed by atoms with Crippen LogP contribution in [-0.2, 0) is 14.3 Å². The van der Waals surface area contributed by atoms with E-state index >= 15 is 0 Å². The fourth-order valence-electron chi connectivity index (χ4n) is 2.11. The molecule has 0 unspecified atom stereocenters. The predicted octanol–water partition coefficient (Wildman–Crippen LogP) is 0.786. The van der Waals surface area contributed by atoms with Gasteiger partial charge >= 0.3 is 5.97 Å².